The Morgan fingerprint density at radius 3 is 2.20 bits per heavy atom. The van der Waals surface area contributed by atoms with Gasteiger partial charge in [-0.25, -0.2) is 20.2 Å². The van der Waals surface area contributed by atoms with Crippen LogP contribution in [0.2, 0.25) is 0 Å². The summed E-state index contributed by atoms with van der Waals surface area (Å²) in [6.07, 6.45) is 1.04. The van der Waals surface area contributed by atoms with Gasteiger partial charge in [0.15, 0.2) is 15.9 Å². The van der Waals surface area contributed by atoms with Gasteiger partial charge in [-0.1, -0.05) is 0 Å². The second kappa shape index (κ2) is 5.93. The SMILES string of the molecule is NC(N)(CCCCN[N+](=O)[O-])N[N+](=O)[O-]. The van der Waals surface area contributed by atoms with Crippen LogP contribution in [0.15, 0.2) is 0 Å². The van der Waals surface area contributed by atoms with Crippen LogP contribution in [0.1, 0.15) is 19.3 Å². The smallest absolute Gasteiger partial charge is 0.195 e. The molecule has 0 aliphatic heterocycles. The lowest BCUT2D eigenvalue weighted by Crippen LogP contribution is -2.62. The molecule has 0 aliphatic rings. The fourth-order valence-corrected chi connectivity index (χ4v) is 0.939. The summed E-state index contributed by atoms with van der Waals surface area (Å²) in [5.74, 6) is -1.59. The highest BCUT2D eigenvalue weighted by Crippen LogP contribution is 2.01. The number of hydrogen-bond donors (Lipinski definition) is 4. The Kier molecular flexibility index (Phi) is 5.26. The Morgan fingerprint density at radius 1 is 1.13 bits per heavy atom. The van der Waals surface area contributed by atoms with E-state index in [-0.39, 0.29) is 13.0 Å². The molecule has 0 radical (unpaired) electrons. The molecule has 88 valence electrons. The molecule has 10 nitrogen and oxygen atoms in total. The van der Waals surface area contributed by atoms with E-state index in [1.807, 2.05) is 5.43 Å². The van der Waals surface area contributed by atoms with E-state index in [9.17, 15) is 20.2 Å². The number of unbranched alkanes of at least 4 members (excludes halogenated alkanes) is 1. The molecule has 0 rings (SSSR count). The first-order valence-corrected chi connectivity index (χ1v) is 4.21. The van der Waals surface area contributed by atoms with E-state index in [1.165, 1.54) is 0 Å². The molecule has 15 heavy (non-hydrogen) atoms. The van der Waals surface area contributed by atoms with E-state index in [0.717, 1.165) is 0 Å². The average Bonchev–Trinajstić information content (AvgIpc) is 1.99. The fourth-order valence-electron chi connectivity index (χ4n) is 0.939. The summed E-state index contributed by atoms with van der Waals surface area (Å²) in [4.78, 5) is 19.9. The van der Waals surface area contributed by atoms with E-state index < -0.39 is 15.9 Å². The summed E-state index contributed by atoms with van der Waals surface area (Å²) in [5.41, 5.74) is 14.4. The molecule has 0 aromatic rings. The van der Waals surface area contributed by atoms with Crippen LogP contribution in [-0.4, -0.2) is 22.4 Å². The van der Waals surface area contributed by atoms with Gasteiger partial charge in [-0.3, -0.25) is 11.5 Å². The van der Waals surface area contributed by atoms with Gasteiger partial charge in [-0.15, -0.1) is 10.9 Å². The summed E-state index contributed by atoms with van der Waals surface area (Å²) in [6.45, 7) is 0.168. The molecule has 0 saturated carbocycles. The normalized spacial score (nSPS) is 10.8. The maximum absolute atomic E-state index is 10.0. The van der Waals surface area contributed by atoms with Gasteiger partial charge in [0, 0.05) is 6.42 Å². The largest absolute Gasteiger partial charge is 0.292 e. The third kappa shape index (κ3) is 8.64. The van der Waals surface area contributed by atoms with Gasteiger partial charge >= 0.3 is 0 Å². The predicted molar refractivity (Wildman–Crippen MR) is 50.1 cm³/mol. The zero-order valence-electron chi connectivity index (χ0n) is 8.01. The molecular weight excluding hydrogens is 208 g/mol. The van der Waals surface area contributed by atoms with Crippen LogP contribution in [0.5, 0.6) is 0 Å². The minimum atomic E-state index is -1.59. The first-order valence-electron chi connectivity index (χ1n) is 4.21. The molecule has 0 heterocycles. The highest BCUT2D eigenvalue weighted by Gasteiger charge is 2.23. The first kappa shape index (κ1) is 13.3. The molecule has 0 spiro atoms. The van der Waals surface area contributed by atoms with Gasteiger partial charge in [0.2, 0.25) is 0 Å². The molecule has 0 unspecified atom stereocenters. The Balaban J connectivity index is 3.57. The number of nitrogens with zero attached hydrogens (tertiary/aromatic N) is 2. The summed E-state index contributed by atoms with van der Waals surface area (Å²) < 4.78 is 0. The number of nitrogens with two attached hydrogens (primary N) is 2. The number of rotatable bonds is 8. The minimum Gasteiger partial charge on any atom is -0.292 e. The highest BCUT2D eigenvalue weighted by molar-refractivity contribution is 4.68. The van der Waals surface area contributed by atoms with E-state index in [0.29, 0.717) is 12.8 Å². The first-order chi connectivity index (χ1) is 6.83. The molecule has 0 aromatic carbocycles. The maximum atomic E-state index is 10.0. The van der Waals surface area contributed by atoms with Crippen LogP contribution >= 0.6 is 0 Å². The van der Waals surface area contributed by atoms with Crippen molar-refractivity contribution in [3.63, 3.8) is 0 Å². The van der Waals surface area contributed by atoms with Gasteiger partial charge in [0.25, 0.3) is 0 Å². The minimum absolute atomic E-state index is 0.146. The second-order valence-corrected chi connectivity index (χ2v) is 3.03. The molecule has 0 aromatic heterocycles. The van der Waals surface area contributed by atoms with Crippen molar-refractivity contribution in [3.8, 4) is 0 Å². The van der Waals surface area contributed by atoms with Crippen LogP contribution in [0.3, 0.4) is 0 Å². The Bertz CT molecular complexity index is 232. The van der Waals surface area contributed by atoms with Crippen LogP contribution < -0.4 is 22.3 Å². The van der Waals surface area contributed by atoms with Crippen molar-refractivity contribution < 1.29 is 10.1 Å². The van der Waals surface area contributed by atoms with Crippen molar-refractivity contribution in [2.75, 3.05) is 6.54 Å². The molecule has 0 fully saturated rings. The molecular formula is C5H14N6O4. The van der Waals surface area contributed by atoms with Crippen molar-refractivity contribution in [2.45, 2.75) is 25.0 Å². The Morgan fingerprint density at radius 2 is 1.73 bits per heavy atom. The molecule has 6 N–H and O–H groups in total. The molecule has 0 atom stereocenters. The third-order valence-corrected chi connectivity index (χ3v) is 1.56. The van der Waals surface area contributed by atoms with Crippen molar-refractivity contribution in [1.82, 2.24) is 10.9 Å². The number of hydrazine groups is 2. The van der Waals surface area contributed by atoms with Gasteiger partial charge in [-0.05, 0) is 12.8 Å². The highest BCUT2D eigenvalue weighted by atomic mass is 16.7. The second-order valence-electron chi connectivity index (χ2n) is 3.03. The summed E-state index contributed by atoms with van der Waals surface area (Å²) in [7, 11) is 0. The van der Waals surface area contributed by atoms with Gasteiger partial charge in [-0.2, -0.15) is 0 Å². The molecule has 0 saturated heterocycles. The topological polar surface area (TPSA) is 162 Å². The lowest BCUT2D eigenvalue weighted by molar-refractivity contribution is -0.560. The van der Waals surface area contributed by atoms with Crippen molar-refractivity contribution in [3.05, 3.63) is 20.2 Å². The molecule has 0 bridgehead atoms. The van der Waals surface area contributed by atoms with Crippen LogP contribution in [0.25, 0.3) is 0 Å². The van der Waals surface area contributed by atoms with Gasteiger partial charge in [0.05, 0.1) is 6.54 Å². The third-order valence-electron chi connectivity index (χ3n) is 1.56. The van der Waals surface area contributed by atoms with Crippen LogP contribution in [0, 0.1) is 20.2 Å². The maximum Gasteiger partial charge on any atom is 0.195 e. The zero-order chi connectivity index (χ0) is 11.9. The van der Waals surface area contributed by atoms with Gasteiger partial charge < -0.3 is 0 Å². The molecule has 0 amide bonds. The van der Waals surface area contributed by atoms with E-state index >= 15 is 0 Å². The molecule has 10 heteroatoms. The van der Waals surface area contributed by atoms with Gasteiger partial charge in [0.1, 0.15) is 0 Å². The summed E-state index contributed by atoms with van der Waals surface area (Å²) in [6, 6.07) is 0. The quantitative estimate of drug-likeness (QED) is 0.163. The van der Waals surface area contributed by atoms with E-state index in [4.69, 9.17) is 11.5 Å². The Hall–Kier alpha value is -1.68. The Labute approximate surface area is 85.2 Å². The van der Waals surface area contributed by atoms with Crippen molar-refractivity contribution >= 4 is 0 Å². The average molecular weight is 222 g/mol. The van der Waals surface area contributed by atoms with E-state index in [1.54, 1.807) is 5.43 Å². The summed E-state index contributed by atoms with van der Waals surface area (Å²) in [5, 5.41) is 18.4. The van der Waals surface area contributed by atoms with Crippen LogP contribution in [0.4, 0.5) is 0 Å². The number of nitrogens with one attached hydrogen (secondary N) is 2. The lowest BCUT2D eigenvalue weighted by Gasteiger charge is -2.19. The molecule has 0 aliphatic carbocycles. The van der Waals surface area contributed by atoms with E-state index in [2.05, 4.69) is 0 Å². The lowest BCUT2D eigenvalue weighted by atomic mass is 10.1. The van der Waals surface area contributed by atoms with Crippen molar-refractivity contribution in [2.24, 2.45) is 11.5 Å². The monoisotopic (exact) mass is 222 g/mol. The zero-order valence-corrected chi connectivity index (χ0v) is 8.01. The number of hydrogen-bond acceptors (Lipinski definition) is 6. The summed E-state index contributed by atoms with van der Waals surface area (Å²) >= 11 is 0. The number of nitro groups is 2. The fraction of sp³-hybridized carbons (Fsp3) is 1.00. The van der Waals surface area contributed by atoms with Crippen LogP contribution in [-0.2, 0) is 0 Å². The standard InChI is InChI=1S/C5H14N6O4/c6-5(7,9-11(14)15)3-1-2-4-8-10(12)13/h8-9H,1-4,6-7H2. The predicted octanol–water partition coefficient (Wildman–Crippen LogP) is -1.71. The van der Waals surface area contributed by atoms with Crippen molar-refractivity contribution in [1.29, 1.82) is 0 Å².